The number of aromatic amines is 1. The Morgan fingerprint density at radius 3 is 2.60 bits per heavy atom. The normalized spacial score (nSPS) is 12.2. The van der Waals surface area contributed by atoms with Gasteiger partial charge in [-0.1, -0.05) is 0 Å². The molecule has 1 heterocycles. The Morgan fingerprint density at radius 1 is 1.40 bits per heavy atom. The van der Waals surface area contributed by atoms with Gasteiger partial charge in [0, 0.05) is 38.4 Å². The number of H-pyrrole nitrogens is 1. The molecule has 0 radical (unpaired) electrons. The highest BCUT2D eigenvalue weighted by molar-refractivity contribution is 5.82. The molecule has 20 heavy (non-hydrogen) atoms. The Balaban J connectivity index is 2.52. The fraction of sp³-hybridized carbons (Fsp3) is 0.583. The second-order valence-corrected chi connectivity index (χ2v) is 4.85. The molecule has 0 saturated heterocycles. The van der Waals surface area contributed by atoms with Crippen molar-refractivity contribution in [3.8, 4) is 0 Å². The van der Waals surface area contributed by atoms with Crippen molar-refractivity contribution in [1.82, 2.24) is 25.1 Å². The summed E-state index contributed by atoms with van der Waals surface area (Å²) < 4.78 is 0. The van der Waals surface area contributed by atoms with E-state index in [1.807, 2.05) is 19.0 Å². The molecule has 1 aromatic rings. The Labute approximate surface area is 117 Å². The zero-order chi connectivity index (χ0) is 15.1. The molecule has 0 unspecified atom stereocenters. The molecule has 0 bridgehead atoms. The van der Waals surface area contributed by atoms with Crippen molar-refractivity contribution >= 4 is 12.0 Å². The minimum Gasteiger partial charge on any atom is -0.480 e. The number of hydrogen-bond donors (Lipinski definition) is 3. The maximum absolute atomic E-state index is 11.9. The number of nitrogens with one attached hydrogen (secondary N) is 2. The summed E-state index contributed by atoms with van der Waals surface area (Å²) in [4.78, 5) is 33.1. The van der Waals surface area contributed by atoms with Crippen LogP contribution < -0.4 is 5.32 Å². The molecule has 3 N–H and O–H groups in total. The molecule has 8 heteroatoms. The average Bonchev–Trinajstić information content (AvgIpc) is 2.87. The van der Waals surface area contributed by atoms with Crippen molar-refractivity contribution in [2.24, 2.45) is 0 Å². The van der Waals surface area contributed by atoms with Crippen molar-refractivity contribution in [2.75, 3.05) is 34.2 Å². The molecule has 1 rings (SSSR count). The number of carboxylic acids is 1. The van der Waals surface area contributed by atoms with E-state index in [9.17, 15) is 9.59 Å². The first-order valence-electron chi connectivity index (χ1n) is 6.26. The zero-order valence-electron chi connectivity index (χ0n) is 12.0. The van der Waals surface area contributed by atoms with Gasteiger partial charge in [-0.05, 0) is 14.1 Å². The van der Waals surface area contributed by atoms with E-state index in [-0.39, 0.29) is 6.42 Å². The first kappa shape index (κ1) is 16.0. The third kappa shape index (κ3) is 5.27. The average molecular weight is 283 g/mol. The lowest BCUT2D eigenvalue weighted by Crippen LogP contribution is -2.48. The number of rotatable bonds is 7. The Hall–Kier alpha value is -2.09. The maximum Gasteiger partial charge on any atom is 0.326 e. The minimum atomic E-state index is -1.08. The van der Waals surface area contributed by atoms with Crippen LogP contribution in [0.1, 0.15) is 5.69 Å². The van der Waals surface area contributed by atoms with Gasteiger partial charge in [-0.2, -0.15) is 0 Å². The lowest BCUT2D eigenvalue weighted by atomic mass is 10.1. The Morgan fingerprint density at radius 2 is 2.10 bits per heavy atom. The van der Waals surface area contributed by atoms with E-state index in [1.165, 1.54) is 17.4 Å². The summed E-state index contributed by atoms with van der Waals surface area (Å²) in [6.07, 6.45) is 3.18. The van der Waals surface area contributed by atoms with Crippen molar-refractivity contribution in [2.45, 2.75) is 12.5 Å². The monoisotopic (exact) mass is 283 g/mol. The van der Waals surface area contributed by atoms with E-state index in [4.69, 9.17) is 5.11 Å². The number of carbonyl (C=O) groups excluding carboxylic acids is 1. The Kier molecular flexibility index (Phi) is 5.98. The molecule has 0 fully saturated rings. The van der Waals surface area contributed by atoms with Crippen molar-refractivity contribution < 1.29 is 14.7 Å². The Bertz CT molecular complexity index is 432. The van der Waals surface area contributed by atoms with E-state index in [0.29, 0.717) is 18.8 Å². The lowest BCUT2D eigenvalue weighted by molar-refractivity contribution is -0.139. The number of nitrogens with zero attached hydrogens (tertiary/aromatic N) is 3. The summed E-state index contributed by atoms with van der Waals surface area (Å²) in [5.74, 6) is -1.08. The van der Waals surface area contributed by atoms with Gasteiger partial charge in [0.25, 0.3) is 0 Å². The maximum atomic E-state index is 11.9. The van der Waals surface area contributed by atoms with E-state index in [0.717, 1.165) is 0 Å². The third-order valence-corrected chi connectivity index (χ3v) is 2.80. The number of imidazole rings is 1. The summed E-state index contributed by atoms with van der Waals surface area (Å²) in [6, 6.07) is -1.39. The van der Waals surface area contributed by atoms with Crippen LogP contribution >= 0.6 is 0 Å². The van der Waals surface area contributed by atoms with Gasteiger partial charge in [0.2, 0.25) is 0 Å². The van der Waals surface area contributed by atoms with Crippen LogP contribution in [0.3, 0.4) is 0 Å². The fourth-order valence-corrected chi connectivity index (χ4v) is 1.53. The van der Waals surface area contributed by atoms with Gasteiger partial charge in [0.05, 0.1) is 6.33 Å². The second kappa shape index (κ2) is 7.49. The van der Waals surface area contributed by atoms with E-state index >= 15 is 0 Å². The first-order valence-corrected chi connectivity index (χ1v) is 6.26. The van der Waals surface area contributed by atoms with Crippen LogP contribution in [0.5, 0.6) is 0 Å². The molecule has 0 aliphatic heterocycles. The fourth-order valence-electron chi connectivity index (χ4n) is 1.53. The molecule has 0 aliphatic carbocycles. The number of aromatic nitrogens is 2. The van der Waals surface area contributed by atoms with Gasteiger partial charge < -0.3 is 25.2 Å². The van der Waals surface area contributed by atoms with Crippen LogP contribution in [-0.4, -0.2) is 77.1 Å². The van der Waals surface area contributed by atoms with Crippen LogP contribution in [0.15, 0.2) is 12.5 Å². The van der Waals surface area contributed by atoms with Crippen LogP contribution in [-0.2, 0) is 11.2 Å². The van der Waals surface area contributed by atoms with Gasteiger partial charge in [0.1, 0.15) is 6.04 Å². The molecule has 2 amide bonds. The van der Waals surface area contributed by atoms with Crippen LogP contribution in [0, 0.1) is 0 Å². The number of carbonyl (C=O) groups is 2. The minimum absolute atomic E-state index is 0.169. The predicted octanol–water partition coefficient (Wildman–Crippen LogP) is -0.392. The quantitative estimate of drug-likeness (QED) is 0.632. The predicted molar refractivity (Wildman–Crippen MR) is 73.4 cm³/mol. The first-order chi connectivity index (χ1) is 9.40. The van der Waals surface area contributed by atoms with Crippen LogP contribution in [0.4, 0.5) is 4.79 Å². The molecule has 1 aromatic heterocycles. The highest BCUT2D eigenvalue weighted by Gasteiger charge is 2.22. The van der Waals surface area contributed by atoms with Crippen LogP contribution in [0.25, 0.3) is 0 Å². The molecular formula is C12H21N5O3. The highest BCUT2D eigenvalue weighted by Crippen LogP contribution is 2.00. The van der Waals surface area contributed by atoms with Gasteiger partial charge in [0.15, 0.2) is 0 Å². The molecular weight excluding hydrogens is 262 g/mol. The van der Waals surface area contributed by atoms with Gasteiger partial charge >= 0.3 is 12.0 Å². The zero-order valence-corrected chi connectivity index (χ0v) is 12.0. The molecule has 0 aromatic carbocycles. The highest BCUT2D eigenvalue weighted by atomic mass is 16.4. The van der Waals surface area contributed by atoms with E-state index < -0.39 is 18.0 Å². The molecule has 1 atom stereocenters. The smallest absolute Gasteiger partial charge is 0.326 e. The number of amides is 2. The van der Waals surface area contributed by atoms with Gasteiger partial charge in [-0.15, -0.1) is 0 Å². The summed E-state index contributed by atoms with van der Waals surface area (Å²) in [7, 11) is 5.45. The second-order valence-electron chi connectivity index (χ2n) is 4.85. The largest absolute Gasteiger partial charge is 0.480 e. The number of aliphatic carboxylic acids is 1. The van der Waals surface area contributed by atoms with Crippen molar-refractivity contribution in [3.63, 3.8) is 0 Å². The molecule has 112 valence electrons. The topological polar surface area (TPSA) is 102 Å². The number of hydrogen-bond acceptors (Lipinski definition) is 4. The lowest BCUT2D eigenvalue weighted by Gasteiger charge is -2.22. The molecule has 0 spiro atoms. The summed E-state index contributed by atoms with van der Waals surface area (Å²) >= 11 is 0. The van der Waals surface area contributed by atoms with E-state index in [1.54, 1.807) is 7.05 Å². The van der Waals surface area contributed by atoms with Gasteiger partial charge in [-0.3, -0.25) is 0 Å². The number of urea groups is 1. The molecule has 8 nitrogen and oxygen atoms in total. The molecule has 0 saturated carbocycles. The summed E-state index contributed by atoms with van der Waals surface area (Å²) in [5.41, 5.74) is 0.661. The van der Waals surface area contributed by atoms with Crippen molar-refractivity contribution in [1.29, 1.82) is 0 Å². The standard InChI is InChI=1S/C12H21N5O3/c1-16(2)4-5-17(3)12(20)15-10(11(18)19)6-9-7-13-8-14-9/h7-8,10H,4-6H2,1-3H3,(H,13,14)(H,15,20)(H,18,19)/t10-/m1/s1. The molecule has 0 aliphatic rings. The number of likely N-dealkylation sites (N-methyl/N-ethyl adjacent to an activating group) is 2. The third-order valence-electron chi connectivity index (χ3n) is 2.80. The summed E-state index contributed by atoms with van der Waals surface area (Å²) in [5, 5.41) is 11.6. The van der Waals surface area contributed by atoms with Gasteiger partial charge in [-0.25, -0.2) is 14.6 Å². The number of carboxylic acid groups (broad SMARTS) is 1. The SMILES string of the molecule is CN(C)CCN(C)C(=O)N[C@H](Cc1cnc[nH]1)C(=O)O. The van der Waals surface area contributed by atoms with E-state index in [2.05, 4.69) is 15.3 Å². The van der Waals surface area contributed by atoms with Crippen LogP contribution in [0.2, 0.25) is 0 Å². The summed E-state index contributed by atoms with van der Waals surface area (Å²) in [6.45, 7) is 1.23. The van der Waals surface area contributed by atoms with Crippen molar-refractivity contribution in [3.05, 3.63) is 18.2 Å².